The lowest BCUT2D eigenvalue weighted by Crippen LogP contribution is -2.42. The van der Waals surface area contributed by atoms with Crippen LogP contribution in [-0.4, -0.2) is 244 Å². The van der Waals surface area contributed by atoms with Crippen LogP contribution in [0, 0.1) is 20.8 Å². The van der Waals surface area contributed by atoms with E-state index in [0.717, 1.165) is 27.0 Å². The molecule has 4 saturated heterocycles. The van der Waals surface area contributed by atoms with E-state index in [-0.39, 0.29) is 92.7 Å². The van der Waals surface area contributed by atoms with Gasteiger partial charge in [0.15, 0.2) is 54.9 Å². The van der Waals surface area contributed by atoms with Crippen LogP contribution in [0.3, 0.4) is 0 Å². The summed E-state index contributed by atoms with van der Waals surface area (Å²) >= 11 is 22.4. The third-order valence-electron chi connectivity index (χ3n) is 15.5. The molecule has 5 aromatic rings. The average Bonchev–Trinajstić information content (AvgIpc) is 1.62. The summed E-state index contributed by atoms with van der Waals surface area (Å²) in [6.07, 6.45) is -22.0. The topological polar surface area (TPSA) is 541 Å². The van der Waals surface area contributed by atoms with Gasteiger partial charge in [-0.3, -0.25) is 65.0 Å². The Bertz CT molecular complexity index is 4260. The lowest BCUT2D eigenvalue weighted by atomic mass is 10.1. The molecule has 8 unspecified atom stereocenters. The predicted octanol–water partition coefficient (Wildman–Crippen LogP) is -1.81. The van der Waals surface area contributed by atoms with Crippen LogP contribution in [0.4, 0.5) is 17.6 Å². The van der Waals surface area contributed by atoms with Crippen molar-refractivity contribution in [2.45, 2.75) is 119 Å². The SMILES string of the molecule is COCCO[C@H]1C(OP(O)(=S)O[C@H]2O[C@@H](n3cc(C)c(=O)[nH]c3=O)[C@@H](OCCOC)C2OP(O)(=S)OC[C@H]2O[C@@H](n3cc(C)c(N)nc3=O)[C@@H](OCCOC)C2OP(O)(=S)OC)[C@@H](OP(O)(=S)OC2[C@@H](OC)O[C@@H](n3cnc4c(=O)[nH]c(N)nc43)[C@H]2OCCOC)O[C@H]1n1cc(C)c(N)nc1=O. The summed E-state index contributed by atoms with van der Waals surface area (Å²) in [6, 6.07) is 0. The van der Waals surface area contributed by atoms with Crippen molar-refractivity contribution in [2.75, 3.05) is 119 Å². The fraction of sp³-hybridized carbons (Fsp3) is 0.667. The highest BCUT2D eigenvalue weighted by molar-refractivity contribution is 8.08. The third kappa shape index (κ3) is 19.6. The molecule has 5 aromatic heterocycles. The number of anilines is 3. The maximum Gasteiger partial charge on any atom is 0.351 e. The van der Waals surface area contributed by atoms with E-state index in [0.29, 0.717) is 5.56 Å². The summed E-state index contributed by atoms with van der Waals surface area (Å²) in [4.78, 5) is 136. The molecular formula is C51H77N13O30P4S4. The summed E-state index contributed by atoms with van der Waals surface area (Å²) in [7, 11) is 7.78. The summed E-state index contributed by atoms with van der Waals surface area (Å²) in [5, 5.41) is 0. The minimum absolute atomic E-state index is 0.00390. The number of hydrogen-bond acceptors (Lipinski definition) is 37. The highest BCUT2D eigenvalue weighted by Gasteiger charge is 2.58. The molecule has 4 aliphatic rings. The van der Waals surface area contributed by atoms with E-state index in [4.69, 9.17) is 162 Å². The molecule has 570 valence electrons. The van der Waals surface area contributed by atoms with E-state index < -0.39 is 160 Å². The molecule has 0 aliphatic carbocycles. The van der Waals surface area contributed by atoms with Gasteiger partial charge in [0, 0.05) is 77.9 Å². The average molecular weight is 1600 g/mol. The zero-order valence-electron chi connectivity index (χ0n) is 55.5. The summed E-state index contributed by atoms with van der Waals surface area (Å²) < 4.78 is 129. The van der Waals surface area contributed by atoms with Crippen LogP contribution in [0.15, 0.2) is 48.9 Å². The molecule has 102 heavy (non-hydrogen) atoms. The van der Waals surface area contributed by atoms with Crippen molar-refractivity contribution in [3.8, 4) is 0 Å². The fourth-order valence-corrected chi connectivity index (χ4v) is 16.2. The van der Waals surface area contributed by atoms with Crippen LogP contribution in [0.1, 0.15) is 41.6 Å². The molecule has 0 radical (unpaired) electrons. The number of methoxy groups -OCH3 is 5. The number of nitrogens with one attached hydrogen (secondary N) is 2. The van der Waals surface area contributed by atoms with E-state index in [9.17, 15) is 43.5 Å². The second-order valence-corrected chi connectivity index (χ2v) is 33.6. The van der Waals surface area contributed by atoms with Gasteiger partial charge in [0.2, 0.25) is 5.95 Å². The summed E-state index contributed by atoms with van der Waals surface area (Å²) in [5.41, 5.74) is 13.8. The highest BCUT2D eigenvalue weighted by atomic mass is 32.5. The number of aromatic nitrogens is 10. The van der Waals surface area contributed by atoms with E-state index in [1.54, 1.807) is 6.92 Å². The Morgan fingerprint density at radius 2 is 0.892 bits per heavy atom. The van der Waals surface area contributed by atoms with Crippen LogP contribution >= 0.6 is 26.9 Å². The number of nitrogens with zero attached hydrogens (tertiary/aromatic N) is 8. The second-order valence-electron chi connectivity index (χ2n) is 22.4. The first-order valence-electron chi connectivity index (χ1n) is 30.2. The molecule has 51 heteroatoms. The van der Waals surface area contributed by atoms with Gasteiger partial charge in [-0.2, -0.15) is 15.0 Å². The number of fused-ring (bicyclic) bond motifs is 1. The minimum atomic E-state index is -5.23. The lowest BCUT2D eigenvalue weighted by Gasteiger charge is -2.32. The van der Waals surface area contributed by atoms with Crippen LogP contribution < -0.4 is 45.4 Å². The zero-order chi connectivity index (χ0) is 74.3. The number of imidazole rings is 1. The lowest BCUT2D eigenvalue weighted by molar-refractivity contribution is -0.164. The van der Waals surface area contributed by atoms with Crippen LogP contribution in [0.5, 0.6) is 0 Å². The van der Waals surface area contributed by atoms with Crippen molar-refractivity contribution in [1.82, 2.24) is 48.2 Å². The van der Waals surface area contributed by atoms with Crippen LogP contribution in [0.25, 0.3) is 11.2 Å². The maximum absolute atomic E-state index is 13.9. The number of hydrogen-bond donors (Lipinski definition) is 9. The van der Waals surface area contributed by atoms with E-state index in [1.165, 1.54) is 72.7 Å². The summed E-state index contributed by atoms with van der Waals surface area (Å²) in [5.74, 6) is -0.547. The van der Waals surface area contributed by atoms with Crippen molar-refractivity contribution in [2.24, 2.45) is 0 Å². The molecule has 0 saturated carbocycles. The second kappa shape index (κ2) is 35.2. The Balaban J connectivity index is 1.08. The van der Waals surface area contributed by atoms with Gasteiger partial charge in [-0.15, -0.1) is 0 Å². The highest BCUT2D eigenvalue weighted by Crippen LogP contribution is 2.59. The minimum Gasteiger partial charge on any atom is -0.383 e. The van der Waals surface area contributed by atoms with Gasteiger partial charge in [0.1, 0.15) is 66.6 Å². The molecule has 9 heterocycles. The fourth-order valence-electron chi connectivity index (χ4n) is 10.8. The van der Waals surface area contributed by atoms with Crippen molar-refractivity contribution < 1.29 is 117 Å². The molecule has 20 atom stereocenters. The summed E-state index contributed by atoms with van der Waals surface area (Å²) in [6.45, 7) is -16.9. The molecule has 43 nitrogen and oxygen atoms in total. The number of nitrogens with two attached hydrogens (primary N) is 3. The normalized spacial score (nSPS) is 29.1. The smallest absolute Gasteiger partial charge is 0.351 e. The molecule has 0 amide bonds. The molecule has 0 aromatic carbocycles. The molecule has 0 spiro atoms. The maximum atomic E-state index is 13.9. The monoisotopic (exact) mass is 1600 g/mol. The number of ether oxygens (including phenoxy) is 13. The Morgan fingerprint density at radius 3 is 1.36 bits per heavy atom. The standard InChI is InChI=1S/C51H77N13O30P4S4/c1-23-18-61(49(67)56-36(23)52)41-29(80-14-10-74-4)28(89-95(70,99)79-9)26(85-41)21-84-96(71,100)90-34-31(82-16-12-76-6)43(63-20-25(3)39(65)60-51(63)69)88-46(34)93-98(73,102)92-35-32(83-17-13-77-7)42(62-19-24(2)37(53)57-50(62)68)87-47(35)94-97(72,101)91-33-30(81-15-11-75-5)44(86-45(33)78-8)64-22-55-27-38(64)58-48(54)59-40(27)66/h18-20,22,26,28-35,41-47H,10-17,21H2,1-9H3,(H,70,99)(H,71,100)(H,72,101)(H,73,102)(H2,52,56,67)(H2,53,57,68)(H,60,65,69)(H3,54,58,59,66)/t26-,28?,29+,30+,31+,32+,33?,34?,35?,41-,42-,43-,44-,45+,46-,47-,95?,96?,97?,98?/m1/s1. The van der Waals surface area contributed by atoms with Gasteiger partial charge in [-0.1, -0.05) is 0 Å². The van der Waals surface area contributed by atoms with E-state index >= 15 is 0 Å². The first kappa shape index (κ1) is 81.9. The van der Waals surface area contributed by atoms with Crippen molar-refractivity contribution >= 4 is 103 Å². The van der Waals surface area contributed by atoms with E-state index in [1.807, 2.05) is 0 Å². The first-order valence-corrected chi connectivity index (χ1v) is 40.6. The first-order chi connectivity index (χ1) is 48.3. The van der Waals surface area contributed by atoms with Crippen LogP contribution in [-0.2, 0) is 145 Å². The largest absolute Gasteiger partial charge is 0.383 e. The molecule has 12 N–H and O–H groups in total. The molecule has 4 aliphatic heterocycles. The number of aromatic amines is 2. The quantitative estimate of drug-likeness (QED) is 0.0156. The van der Waals surface area contributed by atoms with Crippen LogP contribution in [0.2, 0.25) is 0 Å². The Kier molecular flexibility index (Phi) is 28.3. The van der Waals surface area contributed by atoms with Gasteiger partial charge in [0.05, 0.1) is 65.8 Å². The molecule has 9 rings (SSSR count). The van der Waals surface area contributed by atoms with Gasteiger partial charge in [-0.25, -0.2) is 19.4 Å². The third-order valence-corrected chi connectivity index (χ3v) is 21.8. The van der Waals surface area contributed by atoms with Gasteiger partial charge < -0.3 is 107 Å². The molecule has 0 bridgehead atoms. The zero-order valence-corrected chi connectivity index (χ0v) is 62.4. The van der Waals surface area contributed by atoms with Gasteiger partial charge in [0.25, 0.3) is 11.1 Å². The number of nitrogen functional groups attached to an aromatic ring is 3. The number of H-pyrrole nitrogens is 2. The van der Waals surface area contributed by atoms with Crippen molar-refractivity contribution in [3.63, 3.8) is 0 Å². The predicted molar refractivity (Wildman–Crippen MR) is 364 cm³/mol. The number of rotatable bonds is 37. The molecular weight excluding hydrogens is 1530 g/mol. The Labute approximate surface area is 598 Å². The van der Waals surface area contributed by atoms with Gasteiger partial charge >= 0.3 is 43.9 Å². The number of aryl methyl sites for hydroxylation is 3. The molecule has 4 fully saturated rings. The Morgan fingerprint density at radius 1 is 0.480 bits per heavy atom. The van der Waals surface area contributed by atoms with E-state index in [2.05, 4.69) is 29.9 Å². The van der Waals surface area contributed by atoms with Gasteiger partial charge in [-0.05, 0) is 68.0 Å². The van der Waals surface area contributed by atoms with Crippen molar-refractivity contribution in [1.29, 1.82) is 0 Å². The van der Waals surface area contributed by atoms with Crippen molar-refractivity contribution in [3.05, 3.63) is 93.8 Å². The Hall–Kier alpha value is -4.21.